The highest BCUT2D eigenvalue weighted by molar-refractivity contribution is 5.58. The average Bonchev–Trinajstić information content (AvgIpc) is 3.14. The number of hydrogen-bond donors (Lipinski definition) is 0. The van der Waals surface area contributed by atoms with Crippen LogP contribution < -0.4 is 0 Å². The standard InChI is InChI=1S/C16H18N6/c1-20-10-13(8-19-20)11-21-6-7-22-15(9-18-16(22)12-21)14-2-4-17-5-3-14/h2-5,8-10H,6-7,11-12H2,1H3. The molecule has 4 rings (SSSR count). The summed E-state index contributed by atoms with van der Waals surface area (Å²) in [6.45, 7) is 3.79. The van der Waals surface area contributed by atoms with Crippen molar-refractivity contribution in [1.29, 1.82) is 0 Å². The van der Waals surface area contributed by atoms with Crippen molar-refractivity contribution in [1.82, 2.24) is 29.2 Å². The van der Waals surface area contributed by atoms with E-state index in [1.807, 2.05) is 48.6 Å². The van der Waals surface area contributed by atoms with E-state index >= 15 is 0 Å². The predicted molar refractivity (Wildman–Crippen MR) is 82.8 cm³/mol. The van der Waals surface area contributed by atoms with Gasteiger partial charge in [-0.1, -0.05) is 0 Å². The van der Waals surface area contributed by atoms with Crippen molar-refractivity contribution in [2.75, 3.05) is 6.54 Å². The Bertz CT molecular complexity index is 773. The Labute approximate surface area is 129 Å². The molecule has 1 aliphatic rings. The van der Waals surface area contributed by atoms with Crippen LogP contribution in [0.3, 0.4) is 0 Å². The minimum atomic E-state index is 0.875. The molecule has 0 unspecified atom stereocenters. The van der Waals surface area contributed by atoms with E-state index in [0.29, 0.717) is 0 Å². The van der Waals surface area contributed by atoms with Crippen molar-refractivity contribution in [3.05, 3.63) is 54.5 Å². The van der Waals surface area contributed by atoms with Gasteiger partial charge in [0.2, 0.25) is 0 Å². The van der Waals surface area contributed by atoms with Crippen molar-refractivity contribution in [3.8, 4) is 11.3 Å². The lowest BCUT2D eigenvalue weighted by molar-refractivity contribution is 0.209. The first-order valence-corrected chi connectivity index (χ1v) is 7.44. The highest BCUT2D eigenvalue weighted by Gasteiger charge is 2.20. The van der Waals surface area contributed by atoms with Crippen LogP contribution in [0.25, 0.3) is 11.3 Å². The number of rotatable bonds is 3. The quantitative estimate of drug-likeness (QED) is 0.738. The second kappa shape index (κ2) is 5.38. The molecule has 3 aromatic heterocycles. The van der Waals surface area contributed by atoms with E-state index in [1.165, 1.54) is 16.8 Å². The lowest BCUT2D eigenvalue weighted by Crippen LogP contribution is -2.33. The van der Waals surface area contributed by atoms with E-state index in [-0.39, 0.29) is 0 Å². The summed E-state index contributed by atoms with van der Waals surface area (Å²) in [4.78, 5) is 11.1. The maximum atomic E-state index is 4.61. The Hall–Kier alpha value is -2.47. The molecule has 0 aromatic carbocycles. The summed E-state index contributed by atoms with van der Waals surface area (Å²) in [5.74, 6) is 1.13. The molecule has 0 aliphatic carbocycles. The molecule has 22 heavy (non-hydrogen) atoms. The zero-order valence-electron chi connectivity index (χ0n) is 12.6. The summed E-state index contributed by atoms with van der Waals surface area (Å²) < 4.78 is 4.16. The van der Waals surface area contributed by atoms with Crippen LogP contribution in [0.15, 0.2) is 43.1 Å². The van der Waals surface area contributed by atoms with Crippen LogP contribution in [-0.4, -0.2) is 35.8 Å². The van der Waals surface area contributed by atoms with Crippen LogP contribution in [-0.2, 0) is 26.7 Å². The Morgan fingerprint density at radius 3 is 2.77 bits per heavy atom. The largest absolute Gasteiger partial charge is 0.326 e. The molecule has 0 saturated carbocycles. The lowest BCUT2D eigenvalue weighted by Gasteiger charge is -2.28. The van der Waals surface area contributed by atoms with Gasteiger partial charge in [-0.2, -0.15) is 5.10 Å². The minimum Gasteiger partial charge on any atom is -0.326 e. The molecule has 6 heteroatoms. The van der Waals surface area contributed by atoms with Gasteiger partial charge in [0.15, 0.2) is 0 Å². The topological polar surface area (TPSA) is 51.8 Å². The molecule has 3 aromatic rings. The minimum absolute atomic E-state index is 0.875. The number of aryl methyl sites for hydroxylation is 1. The number of aromatic nitrogens is 5. The average molecular weight is 294 g/mol. The molecule has 0 spiro atoms. The van der Waals surface area contributed by atoms with Gasteiger partial charge in [0.25, 0.3) is 0 Å². The maximum Gasteiger partial charge on any atom is 0.123 e. The van der Waals surface area contributed by atoms with Crippen molar-refractivity contribution in [3.63, 3.8) is 0 Å². The van der Waals surface area contributed by atoms with Crippen LogP contribution in [0.5, 0.6) is 0 Å². The molecule has 0 amide bonds. The molecule has 0 bridgehead atoms. The second-order valence-electron chi connectivity index (χ2n) is 5.68. The molecule has 1 aliphatic heterocycles. The van der Waals surface area contributed by atoms with Gasteiger partial charge in [0.05, 0.1) is 24.6 Å². The third kappa shape index (κ3) is 2.42. The van der Waals surface area contributed by atoms with Gasteiger partial charge < -0.3 is 4.57 Å². The van der Waals surface area contributed by atoms with Gasteiger partial charge in [-0.3, -0.25) is 14.6 Å². The highest BCUT2D eigenvalue weighted by atomic mass is 15.3. The number of hydrogen-bond acceptors (Lipinski definition) is 4. The summed E-state index contributed by atoms with van der Waals surface area (Å²) in [5.41, 5.74) is 3.60. The monoisotopic (exact) mass is 294 g/mol. The zero-order chi connectivity index (χ0) is 14.9. The fourth-order valence-electron chi connectivity index (χ4n) is 3.01. The van der Waals surface area contributed by atoms with Gasteiger partial charge in [-0.15, -0.1) is 0 Å². The van der Waals surface area contributed by atoms with Gasteiger partial charge in [0.1, 0.15) is 5.82 Å². The normalized spacial score (nSPS) is 15.0. The molecule has 0 fully saturated rings. The van der Waals surface area contributed by atoms with Gasteiger partial charge in [-0.05, 0) is 12.1 Å². The number of nitrogens with zero attached hydrogens (tertiary/aromatic N) is 6. The van der Waals surface area contributed by atoms with Crippen LogP contribution in [0.4, 0.5) is 0 Å². The highest BCUT2D eigenvalue weighted by Crippen LogP contribution is 2.24. The van der Waals surface area contributed by atoms with Gasteiger partial charge in [0, 0.05) is 56.4 Å². The Balaban J connectivity index is 1.54. The summed E-state index contributed by atoms with van der Waals surface area (Å²) >= 11 is 0. The zero-order valence-corrected chi connectivity index (χ0v) is 12.6. The smallest absolute Gasteiger partial charge is 0.123 e. The van der Waals surface area contributed by atoms with Crippen molar-refractivity contribution < 1.29 is 0 Å². The summed E-state index contributed by atoms with van der Waals surface area (Å²) in [6.07, 6.45) is 9.63. The van der Waals surface area contributed by atoms with Crippen molar-refractivity contribution >= 4 is 0 Å². The fourth-order valence-corrected chi connectivity index (χ4v) is 3.01. The summed E-state index contributed by atoms with van der Waals surface area (Å²) in [7, 11) is 1.95. The summed E-state index contributed by atoms with van der Waals surface area (Å²) in [5, 5.41) is 4.23. The molecule has 0 saturated heterocycles. The predicted octanol–water partition coefficient (Wildman–Crippen LogP) is 1.69. The fraction of sp³-hybridized carbons (Fsp3) is 0.312. The van der Waals surface area contributed by atoms with Crippen molar-refractivity contribution in [2.24, 2.45) is 7.05 Å². The van der Waals surface area contributed by atoms with E-state index in [9.17, 15) is 0 Å². The van der Waals surface area contributed by atoms with E-state index in [4.69, 9.17) is 0 Å². The first-order valence-electron chi connectivity index (χ1n) is 7.44. The number of fused-ring (bicyclic) bond motifs is 1. The van der Waals surface area contributed by atoms with Crippen LogP contribution in [0.1, 0.15) is 11.4 Å². The first kappa shape index (κ1) is 13.2. The molecule has 0 atom stereocenters. The third-order valence-corrected chi connectivity index (χ3v) is 4.08. The molecular formula is C16H18N6. The number of pyridine rings is 1. The molecule has 6 nitrogen and oxygen atoms in total. The lowest BCUT2D eigenvalue weighted by atomic mass is 10.2. The van der Waals surface area contributed by atoms with Gasteiger partial charge in [-0.25, -0.2) is 4.98 Å². The SMILES string of the molecule is Cn1cc(CN2CCn3c(-c4ccncc4)cnc3C2)cn1. The molecular weight excluding hydrogens is 276 g/mol. The molecule has 4 heterocycles. The molecule has 0 N–H and O–H groups in total. The van der Waals surface area contributed by atoms with Crippen LogP contribution >= 0.6 is 0 Å². The Morgan fingerprint density at radius 2 is 2.00 bits per heavy atom. The maximum absolute atomic E-state index is 4.61. The van der Waals surface area contributed by atoms with Gasteiger partial charge >= 0.3 is 0 Å². The van der Waals surface area contributed by atoms with Crippen molar-refractivity contribution in [2.45, 2.75) is 19.6 Å². The molecule has 112 valence electrons. The first-order chi connectivity index (χ1) is 10.8. The van der Waals surface area contributed by atoms with Crippen LogP contribution in [0.2, 0.25) is 0 Å². The summed E-state index contributed by atoms with van der Waals surface area (Å²) in [6, 6.07) is 4.07. The van der Waals surface area contributed by atoms with E-state index < -0.39 is 0 Å². The van der Waals surface area contributed by atoms with E-state index in [1.54, 1.807) is 0 Å². The van der Waals surface area contributed by atoms with E-state index in [2.05, 4.69) is 30.7 Å². The number of imidazole rings is 1. The van der Waals surface area contributed by atoms with Crippen LogP contribution in [0, 0.1) is 0 Å². The van der Waals surface area contributed by atoms with E-state index in [0.717, 1.165) is 32.0 Å². The Kier molecular flexibility index (Phi) is 3.23. The molecule has 0 radical (unpaired) electrons. The Morgan fingerprint density at radius 1 is 1.14 bits per heavy atom. The second-order valence-corrected chi connectivity index (χ2v) is 5.68. The third-order valence-electron chi connectivity index (χ3n) is 4.08.